The van der Waals surface area contributed by atoms with E-state index >= 15 is 0 Å². The van der Waals surface area contributed by atoms with E-state index in [9.17, 15) is 9.18 Å². The van der Waals surface area contributed by atoms with E-state index in [4.69, 9.17) is 5.73 Å². The minimum Gasteiger partial charge on any atom is -0.397 e. The summed E-state index contributed by atoms with van der Waals surface area (Å²) in [5, 5.41) is 3.23. The zero-order valence-corrected chi connectivity index (χ0v) is 12.1. The Bertz CT molecular complexity index is 722. The van der Waals surface area contributed by atoms with Crippen LogP contribution in [-0.2, 0) is 4.79 Å². The lowest BCUT2D eigenvalue weighted by molar-refractivity contribution is -0.115. The van der Waals surface area contributed by atoms with Crippen LogP contribution in [0.5, 0.6) is 0 Å². The number of allylic oxidation sites excluding steroid dienone is 2. The van der Waals surface area contributed by atoms with Gasteiger partial charge in [-0.2, -0.15) is 0 Å². The Hall–Kier alpha value is -2.62. The molecular weight excluding hydrogens is 279 g/mol. The molecule has 1 aliphatic rings. The maximum Gasteiger partial charge on any atom is 0.158 e. The third kappa shape index (κ3) is 3.17. The van der Waals surface area contributed by atoms with Gasteiger partial charge in [0.1, 0.15) is 5.82 Å². The fourth-order valence-corrected chi connectivity index (χ4v) is 2.73. The van der Waals surface area contributed by atoms with E-state index in [0.29, 0.717) is 18.5 Å². The molecule has 0 heterocycles. The van der Waals surface area contributed by atoms with E-state index in [1.165, 1.54) is 12.1 Å². The quantitative estimate of drug-likeness (QED) is 0.846. The van der Waals surface area contributed by atoms with Crippen LogP contribution in [-0.4, -0.2) is 5.78 Å². The summed E-state index contributed by atoms with van der Waals surface area (Å²) in [5.74, 6) is -0.139. The van der Waals surface area contributed by atoms with Crippen molar-refractivity contribution in [3.05, 3.63) is 71.7 Å². The number of para-hydroxylation sites is 2. The maximum absolute atomic E-state index is 13.0. The molecule has 0 saturated carbocycles. The number of halogens is 1. The van der Waals surface area contributed by atoms with Crippen molar-refractivity contribution < 1.29 is 9.18 Å². The zero-order chi connectivity index (χ0) is 15.5. The number of nitrogens with one attached hydrogen (secondary N) is 1. The van der Waals surface area contributed by atoms with Crippen LogP contribution < -0.4 is 11.1 Å². The Morgan fingerprint density at radius 1 is 1.05 bits per heavy atom. The molecule has 3 rings (SSSR count). The number of nitrogens with two attached hydrogens (primary N) is 1. The minimum absolute atomic E-state index is 0.0607. The molecule has 0 spiro atoms. The lowest BCUT2D eigenvalue weighted by Crippen LogP contribution is -2.17. The molecular formula is C18H17FN2O. The second-order valence-electron chi connectivity index (χ2n) is 5.50. The number of nitrogen functional groups attached to an aromatic ring is 1. The van der Waals surface area contributed by atoms with E-state index < -0.39 is 0 Å². The van der Waals surface area contributed by atoms with E-state index in [0.717, 1.165) is 16.9 Å². The Labute approximate surface area is 128 Å². The molecule has 112 valence electrons. The van der Waals surface area contributed by atoms with Crippen molar-refractivity contribution in [3.63, 3.8) is 0 Å². The van der Waals surface area contributed by atoms with Crippen molar-refractivity contribution >= 4 is 17.2 Å². The van der Waals surface area contributed by atoms with Crippen molar-refractivity contribution in [2.75, 3.05) is 11.1 Å². The van der Waals surface area contributed by atoms with Crippen molar-refractivity contribution in [2.24, 2.45) is 0 Å². The fourth-order valence-electron chi connectivity index (χ4n) is 2.73. The second kappa shape index (κ2) is 6.02. The van der Waals surface area contributed by atoms with E-state index in [1.54, 1.807) is 18.2 Å². The molecule has 0 saturated heterocycles. The van der Waals surface area contributed by atoms with Gasteiger partial charge in [-0.15, -0.1) is 0 Å². The summed E-state index contributed by atoms with van der Waals surface area (Å²) in [6.45, 7) is 0. The van der Waals surface area contributed by atoms with Gasteiger partial charge in [-0.1, -0.05) is 24.3 Å². The van der Waals surface area contributed by atoms with Gasteiger partial charge in [-0.05, 0) is 42.2 Å². The molecule has 1 atom stereocenters. The topological polar surface area (TPSA) is 55.1 Å². The minimum atomic E-state index is -0.267. The molecule has 0 aliphatic heterocycles. The van der Waals surface area contributed by atoms with Crippen molar-refractivity contribution in [1.29, 1.82) is 0 Å². The van der Waals surface area contributed by atoms with Crippen LogP contribution in [0.3, 0.4) is 0 Å². The highest BCUT2D eigenvalue weighted by atomic mass is 19.1. The Balaban J connectivity index is 1.80. The number of hydrogen-bond donors (Lipinski definition) is 2. The molecule has 4 heteroatoms. The van der Waals surface area contributed by atoms with Crippen LogP contribution >= 0.6 is 0 Å². The molecule has 0 radical (unpaired) electrons. The summed E-state index contributed by atoms with van der Waals surface area (Å²) in [7, 11) is 0. The molecule has 22 heavy (non-hydrogen) atoms. The average molecular weight is 296 g/mol. The monoisotopic (exact) mass is 296 g/mol. The van der Waals surface area contributed by atoms with E-state index in [-0.39, 0.29) is 17.5 Å². The largest absolute Gasteiger partial charge is 0.397 e. The Morgan fingerprint density at radius 3 is 2.50 bits per heavy atom. The van der Waals surface area contributed by atoms with Crippen molar-refractivity contribution in [1.82, 2.24) is 0 Å². The first kappa shape index (κ1) is 14.3. The van der Waals surface area contributed by atoms with Crippen LogP contribution in [0.15, 0.2) is 60.3 Å². The predicted molar refractivity (Wildman–Crippen MR) is 85.9 cm³/mol. The zero-order valence-electron chi connectivity index (χ0n) is 12.1. The Kier molecular flexibility index (Phi) is 3.92. The molecule has 0 fully saturated rings. The second-order valence-corrected chi connectivity index (χ2v) is 5.50. The van der Waals surface area contributed by atoms with Crippen molar-refractivity contribution in [2.45, 2.75) is 18.8 Å². The number of rotatable bonds is 3. The fraction of sp³-hybridized carbons (Fsp3) is 0.167. The van der Waals surface area contributed by atoms with Crippen LogP contribution in [0.1, 0.15) is 24.3 Å². The van der Waals surface area contributed by atoms with Gasteiger partial charge in [0.05, 0.1) is 11.4 Å². The number of carbonyl (C=O) groups excluding carboxylic acids is 1. The third-order valence-electron chi connectivity index (χ3n) is 3.85. The number of hydrogen-bond acceptors (Lipinski definition) is 3. The highest BCUT2D eigenvalue weighted by Gasteiger charge is 2.22. The van der Waals surface area contributed by atoms with Crippen molar-refractivity contribution in [3.8, 4) is 0 Å². The summed E-state index contributed by atoms with van der Waals surface area (Å²) in [4.78, 5) is 12.0. The van der Waals surface area contributed by atoms with Gasteiger partial charge in [0.2, 0.25) is 0 Å². The lowest BCUT2D eigenvalue weighted by Gasteiger charge is -2.24. The molecule has 3 nitrogen and oxygen atoms in total. The summed E-state index contributed by atoms with van der Waals surface area (Å²) in [6.07, 6.45) is 2.78. The smallest absolute Gasteiger partial charge is 0.158 e. The third-order valence-corrected chi connectivity index (χ3v) is 3.85. The highest BCUT2D eigenvalue weighted by Crippen LogP contribution is 2.32. The van der Waals surface area contributed by atoms with Gasteiger partial charge in [-0.3, -0.25) is 4.79 Å². The van der Waals surface area contributed by atoms with Gasteiger partial charge < -0.3 is 11.1 Å². The van der Waals surface area contributed by atoms with Gasteiger partial charge in [-0.25, -0.2) is 4.39 Å². The molecule has 3 N–H and O–H groups in total. The van der Waals surface area contributed by atoms with Gasteiger partial charge in [0.25, 0.3) is 0 Å². The lowest BCUT2D eigenvalue weighted by atomic mass is 9.85. The van der Waals surface area contributed by atoms with E-state index in [1.807, 2.05) is 24.3 Å². The van der Waals surface area contributed by atoms with E-state index in [2.05, 4.69) is 5.32 Å². The molecule has 0 amide bonds. The number of anilines is 2. The maximum atomic E-state index is 13.0. The highest BCUT2D eigenvalue weighted by molar-refractivity contribution is 5.92. The summed E-state index contributed by atoms with van der Waals surface area (Å²) < 4.78 is 13.0. The molecule has 2 aromatic rings. The summed E-state index contributed by atoms with van der Waals surface area (Å²) in [5.41, 5.74) is 9.16. The normalized spacial score (nSPS) is 18.0. The predicted octanol–water partition coefficient (Wildman–Crippen LogP) is 3.85. The van der Waals surface area contributed by atoms with Gasteiger partial charge >= 0.3 is 0 Å². The number of benzene rings is 2. The van der Waals surface area contributed by atoms with Crippen LogP contribution in [0.2, 0.25) is 0 Å². The first-order valence-corrected chi connectivity index (χ1v) is 7.22. The van der Waals surface area contributed by atoms with Crippen LogP contribution in [0.25, 0.3) is 0 Å². The van der Waals surface area contributed by atoms with Gasteiger partial charge in [0.15, 0.2) is 5.78 Å². The summed E-state index contributed by atoms with van der Waals surface area (Å²) in [6, 6.07) is 13.8. The SMILES string of the molecule is Nc1ccccc1NC1=CC(=O)C[C@@H](c2ccc(F)cc2)C1. The van der Waals surface area contributed by atoms with Crippen LogP contribution in [0.4, 0.5) is 15.8 Å². The first-order chi connectivity index (χ1) is 10.6. The molecule has 1 aliphatic carbocycles. The number of carbonyl (C=O) groups is 1. The summed E-state index contributed by atoms with van der Waals surface area (Å²) >= 11 is 0. The Morgan fingerprint density at radius 2 is 1.77 bits per heavy atom. The molecule has 0 unspecified atom stereocenters. The molecule has 2 aromatic carbocycles. The van der Waals surface area contributed by atoms with Gasteiger partial charge in [0, 0.05) is 18.2 Å². The molecule has 0 bridgehead atoms. The average Bonchev–Trinajstić information content (AvgIpc) is 2.50. The standard InChI is InChI=1S/C18H17FN2O/c19-14-7-5-12(6-8-14)13-9-15(11-16(22)10-13)21-18-4-2-1-3-17(18)20/h1-8,11,13,21H,9-10,20H2/t13-/m0/s1. The number of ketones is 1. The molecule has 0 aromatic heterocycles. The first-order valence-electron chi connectivity index (χ1n) is 7.22. The van der Waals surface area contributed by atoms with Crippen LogP contribution in [0, 0.1) is 5.82 Å².